The van der Waals surface area contributed by atoms with E-state index < -0.39 is 0 Å². The molecule has 0 aliphatic rings. The molecular weight excluding hydrogens is 202 g/mol. The molecule has 0 atom stereocenters. The zero-order chi connectivity index (χ0) is 11.3. The Kier molecular flexibility index (Phi) is 4.37. The summed E-state index contributed by atoms with van der Waals surface area (Å²) in [4.78, 5) is 1.29. The monoisotopic (exact) mass is 221 g/mol. The lowest BCUT2D eigenvalue weighted by Gasteiger charge is -2.02. The van der Waals surface area contributed by atoms with Crippen LogP contribution in [0.2, 0.25) is 0 Å². The fourth-order valence-electron chi connectivity index (χ4n) is 1.27. The van der Waals surface area contributed by atoms with Gasteiger partial charge < -0.3 is 5.73 Å². The molecule has 82 valence electrons. The molecule has 15 heavy (non-hydrogen) atoms. The summed E-state index contributed by atoms with van der Waals surface area (Å²) in [5.41, 5.74) is 9.00. The van der Waals surface area contributed by atoms with Gasteiger partial charge in [0.2, 0.25) is 0 Å². The van der Waals surface area contributed by atoms with Gasteiger partial charge in [-0.25, -0.2) is 0 Å². The topological polar surface area (TPSA) is 26.0 Å². The number of hydrogen-bond acceptors (Lipinski definition) is 2. The van der Waals surface area contributed by atoms with Crippen LogP contribution in [0.1, 0.15) is 20.8 Å². The molecule has 2 aromatic rings. The smallest absolute Gasteiger partial charge is 0.0344 e. The number of aryl methyl sites for hydroxylation is 1. The first kappa shape index (κ1) is 11.8. The molecule has 0 aliphatic carbocycles. The van der Waals surface area contributed by atoms with Crippen molar-refractivity contribution in [1.29, 1.82) is 0 Å². The van der Waals surface area contributed by atoms with Crippen molar-refractivity contribution >= 4 is 17.0 Å². The van der Waals surface area contributed by atoms with E-state index in [1.807, 2.05) is 26.8 Å². The first-order valence-electron chi connectivity index (χ1n) is 5.17. The second kappa shape index (κ2) is 5.56. The maximum atomic E-state index is 5.75. The Hall–Kier alpha value is -1.28. The van der Waals surface area contributed by atoms with Gasteiger partial charge in [-0.15, -0.1) is 11.3 Å². The minimum Gasteiger partial charge on any atom is -0.399 e. The van der Waals surface area contributed by atoms with Crippen molar-refractivity contribution < 1.29 is 1.43 Å². The number of nitrogens with two attached hydrogens (primary N) is 1. The van der Waals surface area contributed by atoms with Crippen LogP contribution in [0.5, 0.6) is 0 Å². The summed E-state index contributed by atoms with van der Waals surface area (Å²) < 4.78 is 0. The largest absolute Gasteiger partial charge is 0.399 e. The third kappa shape index (κ3) is 2.83. The highest BCUT2D eigenvalue weighted by molar-refractivity contribution is 7.13. The van der Waals surface area contributed by atoms with Crippen LogP contribution in [0, 0.1) is 6.92 Å². The summed E-state index contributed by atoms with van der Waals surface area (Å²) in [5.74, 6) is 0. The molecule has 0 aliphatic heterocycles. The van der Waals surface area contributed by atoms with Crippen LogP contribution in [0.4, 0.5) is 5.69 Å². The molecule has 1 nitrogen and oxygen atoms in total. The fraction of sp³-hybridized carbons (Fsp3) is 0.231. The Bertz CT molecular complexity index is 410. The molecule has 0 saturated carbocycles. The van der Waals surface area contributed by atoms with Gasteiger partial charge in [0.1, 0.15) is 0 Å². The molecule has 0 amide bonds. The molecule has 1 heterocycles. The molecule has 0 fully saturated rings. The summed E-state index contributed by atoms with van der Waals surface area (Å²) in [6, 6.07) is 10.3. The second-order valence-electron chi connectivity index (χ2n) is 3.05. The standard InChI is InChI=1S/C11H11NS.C2H6.H2/c1-8-7-9(4-5-10(8)12)11-3-2-6-13-11;1-2;/h2-7H,12H2,1H3;1-2H3;1H. The molecule has 2 rings (SSSR count). The molecule has 2 N–H and O–H groups in total. The predicted molar refractivity (Wildman–Crippen MR) is 72.4 cm³/mol. The second-order valence-corrected chi connectivity index (χ2v) is 4.00. The van der Waals surface area contributed by atoms with Crippen LogP contribution < -0.4 is 5.73 Å². The van der Waals surface area contributed by atoms with E-state index in [-0.39, 0.29) is 1.43 Å². The summed E-state index contributed by atoms with van der Waals surface area (Å²) >= 11 is 1.75. The maximum absolute atomic E-state index is 5.75. The Morgan fingerprint density at radius 2 is 1.93 bits per heavy atom. The van der Waals surface area contributed by atoms with E-state index >= 15 is 0 Å². The average molecular weight is 221 g/mol. The molecule has 1 aromatic carbocycles. The van der Waals surface area contributed by atoms with Gasteiger partial charge >= 0.3 is 0 Å². The number of hydrogen-bond donors (Lipinski definition) is 1. The number of anilines is 1. The summed E-state index contributed by atoms with van der Waals surface area (Å²) in [6.45, 7) is 6.03. The Labute approximate surface area is 97.1 Å². The van der Waals surface area contributed by atoms with Crippen LogP contribution in [0.25, 0.3) is 10.4 Å². The van der Waals surface area contributed by atoms with Crippen molar-refractivity contribution in [2.24, 2.45) is 0 Å². The molecule has 0 unspecified atom stereocenters. The zero-order valence-electron chi connectivity index (χ0n) is 9.45. The lowest BCUT2D eigenvalue weighted by atomic mass is 10.1. The minimum atomic E-state index is 0. The van der Waals surface area contributed by atoms with E-state index in [9.17, 15) is 0 Å². The van der Waals surface area contributed by atoms with E-state index in [1.165, 1.54) is 10.4 Å². The van der Waals surface area contributed by atoms with Crippen molar-refractivity contribution in [3.8, 4) is 10.4 Å². The van der Waals surface area contributed by atoms with Crippen molar-refractivity contribution in [1.82, 2.24) is 0 Å². The van der Waals surface area contributed by atoms with Crippen molar-refractivity contribution in [3.63, 3.8) is 0 Å². The maximum Gasteiger partial charge on any atom is 0.0344 e. The Balaban J connectivity index is 0.000000711. The first-order chi connectivity index (χ1) is 7.27. The average Bonchev–Trinajstić information content (AvgIpc) is 2.78. The molecule has 0 bridgehead atoms. The van der Waals surface area contributed by atoms with Gasteiger partial charge in [-0.3, -0.25) is 0 Å². The number of nitrogen functional groups attached to an aromatic ring is 1. The van der Waals surface area contributed by atoms with Gasteiger partial charge in [-0.1, -0.05) is 26.0 Å². The van der Waals surface area contributed by atoms with Crippen LogP contribution in [0.15, 0.2) is 35.7 Å². The van der Waals surface area contributed by atoms with Gasteiger partial charge in [-0.05, 0) is 41.6 Å². The highest BCUT2D eigenvalue weighted by Crippen LogP contribution is 2.26. The van der Waals surface area contributed by atoms with Crippen LogP contribution in [-0.4, -0.2) is 0 Å². The van der Waals surface area contributed by atoms with Gasteiger partial charge in [0, 0.05) is 12.0 Å². The van der Waals surface area contributed by atoms with Gasteiger partial charge in [0.05, 0.1) is 0 Å². The molecule has 2 heteroatoms. The summed E-state index contributed by atoms with van der Waals surface area (Å²) in [7, 11) is 0. The van der Waals surface area contributed by atoms with Crippen LogP contribution in [-0.2, 0) is 0 Å². The lowest BCUT2D eigenvalue weighted by Crippen LogP contribution is -1.88. The van der Waals surface area contributed by atoms with Gasteiger partial charge in [0.25, 0.3) is 0 Å². The van der Waals surface area contributed by atoms with Gasteiger partial charge in [0.15, 0.2) is 0 Å². The molecule has 0 saturated heterocycles. The van der Waals surface area contributed by atoms with E-state index in [0.717, 1.165) is 11.3 Å². The fourth-order valence-corrected chi connectivity index (χ4v) is 2.00. The number of thiophene rings is 1. The quantitative estimate of drug-likeness (QED) is 0.701. The van der Waals surface area contributed by atoms with Crippen LogP contribution in [0.3, 0.4) is 0 Å². The van der Waals surface area contributed by atoms with E-state index in [1.54, 1.807) is 11.3 Å². The normalized spacial score (nSPS) is 9.27. The van der Waals surface area contributed by atoms with Crippen LogP contribution >= 0.6 is 11.3 Å². The zero-order valence-corrected chi connectivity index (χ0v) is 10.3. The van der Waals surface area contributed by atoms with E-state index in [4.69, 9.17) is 5.73 Å². The third-order valence-corrected chi connectivity index (χ3v) is 2.99. The predicted octanol–water partition coefficient (Wildman–Crippen LogP) is 4.58. The Morgan fingerprint density at radius 1 is 1.20 bits per heavy atom. The summed E-state index contributed by atoms with van der Waals surface area (Å²) in [6.07, 6.45) is 0. The minimum absolute atomic E-state index is 0. The SMILES string of the molecule is CC.Cc1cc(-c2cccs2)ccc1N.[HH]. The molecule has 1 aromatic heterocycles. The first-order valence-corrected chi connectivity index (χ1v) is 6.05. The van der Waals surface area contributed by atoms with Crippen molar-refractivity contribution in [3.05, 3.63) is 41.3 Å². The summed E-state index contributed by atoms with van der Waals surface area (Å²) in [5, 5.41) is 2.08. The molecule has 0 spiro atoms. The Morgan fingerprint density at radius 3 is 2.47 bits per heavy atom. The van der Waals surface area contributed by atoms with Gasteiger partial charge in [-0.2, -0.15) is 0 Å². The number of benzene rings is 1. The lowest BCUT2D eigenvalue weighted by molar-refractivity contribution is 1.47. The highest BCUT2D eigenvalue weighted by atomic mass is 32.1. The van der Waals surface area contributed by atoms with Crippen molar-refractivity contribution in [2.75, 3.05) is 5.73 Å². The third-order valence-electron chi connectivity index (χ3n) is 2.08. The molecule has 0 radical (unpaired) electrons. The highest BCUT2D eigenvalue weighted by Gasteiger charge is 1.99. The number of rotatable bonds is 1. The van der Waals surface area contributed by atoms with E-state index in [0.29, 0.717) is 0 Å². The van der Waals surface area contributed by atoms with E-state index in [2.05, 4.69) is 29.6 Å². The van der Waals surface area contributed by atoms with Crippen molar-refractivity contribution in [2.45, 2.75) is 20.8 Å². The molecular formula is C13H19NS.